The Labute approximate surface area is 97.4 Å². The predicted molar refractivity (Wildman–Crippen MR) is 66.2 cm³/mol. The van der Waals surface area contributed by atoms with E-state index >= 15 is 0 Å². The number of carbonyl (C=O) groups excluding carboxylic acids is 1. The average Bonchev–Trinajstić information content (AvgIpc) is 2.29. The van der Waals surface area contributed by atoms with Gasteiger partial charge < -0.3 is 0 Å². The third-order valence-corrected chi connectivity index (χ3v) is 4.85. The molecule has 3 atom stereocenters. The van der Waals surface area contributed by atoms with E-state index in [1.807, 2.05) is 6.26 Å². The first-order valence-electron chi connectivity index (χ1n) is 6.33. The minimum atomic E-state index is 0.414. The van der Waals surface area contributed by atoms with Crippen molar-refractivity contribution >= 4 is 17.5 Å². The number of hydrogen-bond acceptors (Lipinski definition) is 2. The van der Waals surface area contributed by atoms with Gasteiger partial charge in [0.15, 0.2) is 0 Å². The Kier molecular flexibility index (Phi) is 4.13. The molecule has 2 fully saturated rings. The molecule has 3 unspecified atom stereocenters. The van der Waals surface area contributed by atoms with Crippen LogP contribution < -0.4 is 0 Å². The Bertz CT molecular complexity index is 227. The van der Waals surface area contributed by atoms with E-state index in [9.17, 15) is 4.79 Å². The minimum Gasteiger partial charge on any atom is -0.298 e. The van der Waals surface area contributed by atoms with Gasteiger partial charge in [-0.3, -0.25) is 4.79 Å². The maximum Gasteiger partial charge on any atom is 0.145 e. The van der Waals surface area contributed by atoms with Gasteiger partial charge in [0, 0.05) is 5.92 Å². The van der Waals surface area contributed by atoms with Gasteiger partial charge >= 0.3 is 0 Å². The number of rotatable bonds is 3. The van der Waals surface area contributed by atoms with Crippen molar-refractivity contribution in [2.75, 3.05) is 12.0 Å². The number of ketones is 1. The van der Waals surface area contributed by atoms with Gasteiger partial charge in [0.05, 0.1) is 5.75 Å². The Balaban J connectivity index is 1.87. The van der Waals surface area contributed by atoms with Crippen LogP contribution in [-0.2, 0) is 4.79 Å². The van der Waals surface area contributed by atoms with E-state index in [0.717, 1.165) is 17.6 Å². The lowest BCUT2D eigenvalue weighted by Crippen LogP contribution is -2.31. The average molecular weight is 226 g/mol. The van der Waals surface area contributed by atoms with Crippen molar-refractivity contribution in [2.24, 2.45) is 17.8 Å². The van der Waals surface area contributed by atoms with E-state index < -0.39 is 0 Å². The summed E-state index contributed by atoms with van der Waals surface area (Å²) in [6.07, 6.45) is 11.4. The van der Waals surface area contributed by atoms with Crippen LogP contribution in [-0.4, -0.2) is 17.8 Å². The molecule has 0 N–H and O–H groups in total. The fourth-order valence-electron chi connectivity index (χ4n) is 3.43. The summed E-state index contributed by atoms with van der Waals surface area (Å²) in [5.41, 5.74) is 0. The summed E-state index contributed by atoms with van der Waals surface area (Å²) in [6, 6.07) is 0. The van der Waals surface area contributed by atoms with Crippen LogP contribution in [0.25, 0.3) is 0 Å². The third kappa shape index (κ3) is 2.77. The van der Waals surface area contributed by atoms with Gasteiger partial charge in [0.1, 0.15) is 5.78 Å². The third-order valence-electron chi connectivity index (χ3n) is 4.28. The lowest BCUT2D eigenvalue weighted by atomic mass is 9.67. The van der Waals surface area contributed by atoms with Crippen LogP contribution in [0.4, 0.5) is 0 Å². The molecule has 0 aliphatic heterocycles. The zero-order valence-electron chi connectivity index (χ0n) is 9.71. The van der Waals surface area contributed by atoms with Crippen molar-refractivity contribution in [2.45, 2.75) is 44.9 Å². The molecule has 0 aromatic heterocycles. The van der Waals surface area contributed by atoms with Gasteiger partial charge in [-0.2, -0.15) is 11.8 Å². The molecule has 0 spiro atoms. The van der Waals surface area contributed by atoms with Gasteiger partial charge in [-0.25, -0.2) is 0 Å². The van der Waals surface area contributed by atoms with Gasteiger partial charge in [-0.1, -0.05) is 25.7 Å². The van der Waals surface area contributed by atoms with Crippen LogP contribution in [0.1, 0.15) is 44.9 Å². The molecule has 0 bridgehead atoms. The minimum absolute atomic E-state index is 0.414. The van der Waals surface area contributed by atoms with Crippen LogP contribution in [0.2, 0.25) is 0 Å². The lowest BCUT2D eigenvalue weighted by Gasteiger charge is -2.38. The first-order chi connectivity index (χ1) is 7.31. The molecule has 1 nitrogen and oxygen atoms in total. The summed E-state index contributed by atoms with van der Waals surface area (Å²) in [4.78, 5) is 11.9. The molecule has 2 rings (SSSR count). The highest BCUT2D eigenvalue weighted by atomic mass is 32.2. The lowest BCUT2D eigenvalue weighted by molar-refractivity contribution is -0.122. The summed E-state index contributed by atoms with van der Waals surface area (Å²) >= 11 is 1.68. The van der Waals surface area contributed by atoms with Gasteiger partial charge in [0.2, 0.25) is 0 Å². The molecule has 2 heteroatoms. The first-order valence-corrected chi connectivity index (χ1v) is 7.72. The smallest absolute Gasteiger partial charge is 0.145 e. The van der Waals surface area contributed by atoms with E-state index in [1.165, 1.54) is 44.9 Å². The Hall–Kier alpha value is 0.0200. The number of Topliss-reactive ketones (excluding diaryl/α,β-unsaturated/α-hetero) is 1. The van der Waals surface area contributed by atoms with E-state index in [2.05, 4.69) is 0 Å². The standard InChI is InChI=1S/C13H22OS/c1-15-9-13(14)12-7-6-10-4-2-3-5-11(10)8-12/h10-12H,2-9H2,1H3. The molecule has 0 aromatic carbocycles. The maximum atomic E-state index is 11.9. The monoisotopic (exact) mass is 226 g/mol. The summed E-state index contributed by atoms with van der Waals surface area (Å²) in [5, 5.41) is 0. The molecule has 2 saturated carbocycles. The van der Waals surface area contributed by atoms with Crippen molar-refractivity contribution in [3.05, 3.63) is 0 Å². The van der Waals surface area contributed by atoms with Crippen molar-refractivity contribution < 1.29 is 4.79 Å². The molecule has 0 aromatic rings. The van der Waals surface area contributed by atoms with E-state index in [-0.39, 0.29) is 0 Å². The fourth-order valence-corrected chi connectivity index (χ4v) is 3.95. The number of hydrogen-bond donors (Lipinski definition) is 0. The highest BCUT2D eigenvalue weighted by molar-refractivity contribution is 7.99. The second-order valence-corrected chi connectivity index (χ2v) is 6.08. The Morgan fingerprint density at radius 3 is 2.60 bits per heavy atom. The zero-order valence-corrected chi connectivity index (χ0v) is 10.5. The Morgan fingerprint density at radius 1 is 1.13 bits per heavy atom. The predicted octanol–water partition coefficient (Wildman–Crippen LogP) is 3.53. The Morgan fingerprint density at radius 2 is 1.87 bits per heavy atom. The largest absolute Gasteiger partial charge is 0.298 e. The maximum absolute atomic E-state index is 11.9. The number of fused-ring (bicyclic) bond motifs is 1. The molecule has 0 saturated heterocycles. The highest BCUT2D eigenvalue weighted by Crippen LogP contribution is 2.42. The molecular weight excluding hydrogens is 204 g/mol. The molecular formula is C13H22OS. The molecule has 0 heterocycles. The molecule has 0 radical (unpaired) electrons. The van der Waals surface area contributed by atoms with E-state index in [1.54, 1.807) is 11.8 Å². The molecule has 2 aliphatic carbocycles. The van der Waals surface area contributed by atoms with Gasteiger partial charge in [0.25, 0.3) is 0 Å². The summed E-state index contributed by atoms with van der Waals surface area (Å²) < 4.78 is 0. The van der Waals surface area contributed by atoms with Crippen LogP contribution in [0.3, 0.4) is 0 Å². The van der Waals surface area contributed by atoms with Gasteiger partial charge in [-0.15, -0.1) is 0 Å². The van der Waals surface area contributed by atoms with Crippen molar-refractivity contribution in [3.8, 4) is 0 Å². The second-order valence-electron chi connectivity index (χ2n) is 5.21. The van der Waals surface area contributed by atoms with E-state index in [0.29, 0.717) is 11.7 Å². The first kappa shape index (κ1) is 11.5. The fraction of sp³-hybridized carbons (Fsp3) is 0.923. The summed E-state index contributed by atoms with van der Waals surface area (Å²) in [5.74, 6) is 3.53. The normalized spacial score (nSPS) is 35.9. The SMILES string of the molecule is CSCC(=O)C1CCC2CCCCC2C1. The van der Waals surface area contributed by atoms with Gasteiger partial charge in [-0.05, 0) is 37.4 Å². The number of carbonyl (C=O) groups is 1. The van der Waals surface area contributed by atoms with E-state index in [4.69, 9.17) is 0 Å². The topological polar surface area (TPSA) is 17.1 Å². The van der Waals surface area contributed by atoms with Crippen LogP contribution in [0.5, 0.6) is 0 Å². The molecule has 15 heavy (non-hydrogen) atoms. The quantitative estimate of drug-likeness (QED) is 0.732. The zero-order chi connectivity index (χ0) is 10.7. The summed E-state index contributed by atoms with van der Waals surface area (Å²) in [7, 11) is 0. The molecule has 0 amide bonds. The van der Waals surface area contributed by atoms with Crippen molar-refractivity contribution in [1.29, 1.82) is 0 Å². The van der Waals surface area contributed by atoms with Crippen molar-refractivity contribution in [3.63, 3.8) is 0 Å². The molecule has 2 aliphatic rings. The van der Waals surface area contributed by atoms with Crippen molar-refractivity contribution in [1.82, 2.24) is 0 Å². The summed E-state index contributed by atoms with van der Waals surface area (Å²) in [6.45, 7) is 0. The van der Waals surface area contributed by atoms with Crippen LogP contribution >= 0.6 is 11.8 Å². The molecule has 86 valence electrons. The van der Waals surface area contributed by atoms with Crippen LogP contribution in [0, 0.1) is 17.8 Å². The highest BCUT2D eigenvalue weighted by Gasteiger charge is 2.34. The van der Waals surface area contributed by atoms with Crippen LogP contribution in [0.15, 0.2) is 0 Å². The number of thioether (sulfide) groups is 1. The second kappa shape index (κ2) is 5.38.